The Balaban J connectivity index is 2.20. The second kappa shape index (κ2) is 5.11. The van der Waals surface area contributed by atoms with Crippen molar-refractivity contribution >= 4 is 22.9 Å². The minimum absolute atomic E-state index is 0.509. The van der Waals surface area contributed by atoms with Crippen LogP contribution in [-0.2, 0) is 0 Å². The fraction of sp³-hybridized carbons (Fsp3) is 0.0667. The predicted molar refractivity (Wildman–Crippen MR) is 80.5 cm³/mol. The lowest BCUT2D eigenvalue weighted by atomic mass is 10.1. The summed E-state index contributed by atoms with van der Waals surface area (Å²) in [5.74, 6) is 0.677. The molecule has 1 aromatic carbocycles. The van der Waals surface area contributed by atoms with Crippen LogP contribution in [-0.4, -0.2) is 9.97 Å². The minimum Gasteiger partial charge on any atom is -0.228 e. The van der Waals surface area contributed by atoms with Gasteiger partial charge >= 0.3 is 0 Å². The fourth-order valence-corrected chi connectivity index (χ4v) is 2.69. The van der Waals surface area contributed by atoms with Crippen molar-refractivity contribution in [3.8, 4) is 22.6 Å². The first-order valence-corrected chi connectivity index (χ1v) is 7.20. The van der Waals surface area contributed by atoms with Crippen molar-refractivity contribution < 1.29 is 0 Å². The molecule has 2 aromatic heterocycles. The van der Waals surface area contributed by atoms with E-state index < -0.39 is 0 Å². The molecule has 0 radical (unpaired) electrons. The number of halogens is 1. The van der Waals surface area contributed by atoms with Crippen LogP contribution in [0.15, 0.2) is 47.2 Å². The van der Waals surface area contributed by atoms with E-state index in [1.807, 2.05) is 54.1 Å². The average Bonchev–Trinajstić information content (AvgIpc) is 2.97. The molecule has 2 heterocycles. The van der Waals surface area contributed by atoms with E-state index in [9.17, 15) is 0 Å². The van der Waals surface area contributed by atoms with Crippen LogP contribution >= 0.6 is 22.9 Å². The fourth-order valence-electron chi connectivity index (χ4n) is 1.89. The van der Waals surface area contributed by atoms with Gasteiger partial charge in [-0.15, -0.1) is 0 Å². The molecule has 3 rings (SSSR count). The molecule has 4 heteroatoms. The first-order chi connectivity index (χ1) is 9.25. The standard InChI is InChI=1S/C15H11ClN2S/c1-10-13(11-5-3-2-4-6-11)17-15(18-14(10)16)12-7-8-19-9-12/h2-9H,1H3. The zero-order chi connectivity index (χ0) is 13.2. The highest BCUT2D eigenvalue weighted by Crippen LogP contribution is 2.29. The van der Waals surface area contributed by atoms with Crippen LogP contribution in [0, 0.1) is 6.92 Å². The van der Waals surface area contributed by atoms with Crippen molar-refractivity contribution in [2.24, 2.45) is 0 Å². The molecule has 0 bridgehead atoms. The second-order valence-corrected chi connectivity index (χ2v) is 5.33. The lowest BCUT2D eigenvalue weighted by Crippen LogP contribution is -1.96. The van der Waals surface area contributed by atoms with E-state index in [2.05, 4.69) is 9.97 Å². The zero-order valence-electron chi connectivity index (χ0n) is 10.3. The summed E-state index contributed by atoms with van der Waals surface area (Å²) >= 11 is 7.86. The van der Waals surface area contributed by atoms with Gasteiger partial charge in [-0.05, 0) is 18.4 Å². The third-order valence-electron chi connectivity index (χ3n) is 2.91. The molecule has 2 nitrogen and oxygen atoms in total. The van der Waals surface area contributed by atoms with Crippen LogP contribution in [0.5, 0.6) is 0 Å². The van der Waals surface area contributed by atoms with Crippen molar-refractivity contribution in [1.29, 1.82) is 0 Å². The van der Waals surface area contributed by atoms with Gasteiger partial charge in [0.15, 0.2) is 5.82 Å². The Morgan fingerprint density at radius 1 is 1.00 bits per heavy atom. The first-order valence-electron chi connectivity index (χ1n) is 5.88. The topological polar surface area (TPSA) is 25.8 Å². The predicted octanol–water partition coefficient (Wildman–Crippen LogP) is 4.83. The van der Waals surface area contributed by atoms with Gasteiger partial charge in [-0.25, -0.2) is 9.97 Å². The highest BCUT2D eigenvalue weighted by atomic mass is 35.5. The number of rotatable bonds is 2. The van der Waals surface area contributed by atoms with Crippen molar-refractivity contribution in [2.75, 3.05) is 0 Å². The summed E-state index contributed by atoms with van der Waals surface area (Å²) in [5.41, 5.74) is 3.86. The van der Waals surface area contributed by atoms with Gasteiger partial charge in [0.1, 0.15) is 5.15 Å². The summed E-state index contributed by atoms with van der Waals surface area (Å²) in [5, 5.41) is 4.54. The molecular weight excluding hydrogens is 276 g/mol. The summed E-state index contributed by atoms with van der Waals surface area (Å²) in [7, 11) is 0. The molecule has 19 heavy (non-hydrogen) atoms. The van der Waals surface area contributed by atoms with E-state index in [4.69, 9.17) is 11.6 Å². The Morgan fingerprint density at radius 3 is 2.47 bits per heavy atom. The zero-order valence-corrected chi connectivity index (χ0v) is 11.9. The van der Waals surface area contributed by atoms with Gasteiger partial charge in [0.2, 0.25) is 0 Å². The number of hydrogen-bond acceptors (Lipinski definition) is 3. The van der Waals surface area contributed by atoms with Gasteiger partial charge in [0.05, 0.1) is 5.69 Å². The largest absolute Gasteiger partial charge is 0.228 e. The van der Waals surface area contributed by atoms with Crippen molar-refractivity contribution in [3.05, 3.63) is 57.9 Å². The Kier molecular flexibility index (Phi) is 3.32. The molecular formula is C15H11ClN2S. The van der Waals surface area contributed by atoms with Crippen LogP contribution in [0.3, 0.4) is 0 Å². The number of hydrogen-bond donors (Lipinski definition) is 0. The van der Waals surface area contributed by atoms with Gasteiger partial charge in [-0.3, -0.25) is 0 Å². The van der Waals surface area contributed by atoms with E-state index in [0.717, 1.165) is 22.4 Å². The average molecular weight is 287 g/mol. The van der Waals surface area contributed by atoms with E-state index >= 15 is 0 Å². The number of thiophene rings is 1. The molecule has 0 atom stereocenters. The third-order valence-corrected chi connectivity index (χ3v) is 3.96. The summed E-state index contributed by atoms with van der Waals surface area (Å²) in [6.45, 7) is 1.95. The Morgan fingerprint density at radius 2 is 1.79 bits per heavy atom. The molecule has 0 unspecified atom stereocenters. The molecule has 94 valence electrons. The van der Waals surface area contributed by atoms with Crippen LogP contribution < -0.4 is 0 Å². The molecule has 0 aliphatic heterocycles. The second-order valence-electron chi connectivity index (χ2n) is 4.19. The monoisotopic (exact) mass is 286 g/mol. The van der Waals surface area contributed by atoms with Crippen molar-refractivity contribution in [2.45, 2.75) is 6.92 Å². The molecule has 0 spiro atoms. The number of aromatic nitrogens is 2. The Hall–Kier alpha value is -1.71. The van der Waals surface area contributed by atoms with Crippen molar-refractivity contribution in [1.82, 2.24) is 9.97 Å². The van der Waals surface area contributed by atoms with Gasteiger partial charge in [0, 0.05) is 22.1 Å². The van der Waals surface area contributed by atoms with E-state index in [1.165, 1.54) is 0 Å². The van der Waals surface area contributed by atoms with Crippen LogP contribution in [0.1, 0.15) is 5.56 Å². The third kappa shape index (κ3) is 2.39. The lowest BCUT2D eigenvalue weighted by Gasteiger charge is -2.08. The molecule has 0 saturated heterocycles. The highest BCUT2D eigenvalue weighted by Gasteiger charge is 2.12. The van der Waals surface area contributed by atoms with Gasteiger partial charge in [-0.2, -0.15) is 11.3 Å². The summed E-state index contributed by atoms with van der Waals surface area (Å²) in [4.78, 5) is 9.02. The van der Waals surface area contributed by atoms with Gasteiger partial charge < -0.3 is 0 Å². The molecule has 0 N–H and O–H groups in total. The maximum atomic E-state index is 6.24. The Labute approximate surface area is 120 Å². The van der Waals surface area contributed by atoms with Crippen molar-refractivity contribution in [3.63, 3.8) is 0 Å². The molecule has 0 saturated carbocycles. The van der Waals surface area contributed by atoms with Crippen LogP contribution in [0.2, 0.25) is 5.15 Å². The minimum atomic E-state index is 0.509. The maximum Gasteiger partial charge on any atom is 0.162 e. The van der Waals surface area contributed by atoms with E-state index in [0.29, 0.717) is 11.0 Å². The molecule has 0 aliphatic carbocycles. The molecule has 3 aromatic rings. The van der Waals surface area contributed by atoms with Crippen LogP contribution in [0.25, 0.3) is 22.6 Å². The van der Waals surface area contributed by atoms with Crippen LogP contribution in [0.4, 0.5) is 0 Å². The molecule has 0 amide bonds. The van der Waals surface area contributed by atoms with E-state index in [1.54, 1.807) is 11.3 Å². The summed E-state index contributed by atoms with van der Waals surface area (Å²) in [6, 6.07) is 12.0. The lowest BCUT2D eigenvalue weighted by molar-refractivity contribution is 1.15. The van der Waals surface area contributed by atoms with E-state index in [-0.39, 0.29) is 0 Å². The highest BCUT2D eigenvalue weighted by molar-refractivity contribution is 7.08. The SMILES string of the molecule is Cc1c(Cl)nc(-c2ccsc2)nc1-c1ccccc1. The number of nitrogens with zero attached hydrogens (tertiary/aromatic N) is 2. The summed E-state index contributed by atoms with van der Waals surface area (Å²) in [6.07, 6.45) is 0. The Bertz CT molecular complexity index is 694. The quantitative estimate of drug-likeness (QED) is 0.630. The smallest absolute Gasteiger partial charge is 0.162 e. The normalized spacial score (nSPS) is 10.6. The van der Waals surface area contributed by atoms with Gasteiger partial charge in [0.25, 0.3) is 0 Å². The molecule has 0 fully saturated rings. The first kappa shape index (κ1) is 12.3. The maximum absolute atomic E-state index is 6.24. The molecule has 0 aliphatic rings. The number of benzene rings is 1. The summed E-state index contributed by atoms with van der Waals surface area (Å²) < 4.78 is 0. The van der Waals surface area contributed by atoms with Gasteiger partial charge in [-0.1, -0.05) is 41.9 Å².